The number of fused-ring (bicyclic) bond motifs is 1. The number of aromatic nitrogens is 4. The number of hydrogen-bond donors (Lipinski definition) is 3. The van der Waals surface area contributed by atoms with E-state index in [0.717, 1.165) is 17.8 Å². The molecule has 7 nitrogen and oxygen atoms in total. The number of alkyl halides is 3. The molecule has 30 heavy (non-hydrogen) atoms. The highest BCUT2D eigenvalue weighted by atomic mass is 19.4. The van der Waals surface area contributed by atoms with Crippen LogP contribution in [0, 0.1) is 0 Å². The molecule has 3 N–H and O–H groups in total. The average molecular weight is 414 g/mol. The maximum absolute atomic E-state index is 12.8. The van der Waals surface area contributed by atoms with Crippen LogP contribution >= 0.6 is 0 Å². The number of nitrogens with one attached hydrogen (secondary N) is 2. The van der Waals surface area contributed by atoms with E-state index in [4.69, 9.17) is 5.11 Å². The summed E-state index contributed by atoms with van der Waals surface area (Å²) < 4.78 is 40.1. The van der Waals surface area contributed by atoms with Gasteiger partial charge in [0, 0.05) is 17.9 Å². The van der Waals surface area contributed by atoms with Crippen LogP contribution in [0.4, 0.5) is 30.6 Å². The van der Waals surface area contributed by atoms with Gasteiger partial charge >= 0.3 is 6.18 Å². The van der Waals surface area contributed by atoms with Gasteiger partial charge in [-0.05, 0) is 36.4 Å². The number of anilines is 3. The van der Waals surface area contributed by atoms with Crippen LogP contribution in [-0.2, 0) is 6.18 Å². The standard InChI is InChI=1S/C20H17F3N6O/c21-20(22,23)13-6-8-14(9-7-13)26-19-27-17(24-10-11-30)16-18(28-19)29(12-25-16)15-4-2-1-3-5-15/h1-9,12,30H,10-11H2,(H2,24,26,27,28). The molecule has 0 aliphatic heterocycles. The first kappa shape index (κ1) is 19.6. The molecule has 0 unspecified atom stereocenters. The Labute approximate surface area is 169 Å². The van der Waals surface area contributed by atoms with Crippen LogP contribution < -0.4 is 10.6 Å². The molecule has 0 spiro atoms. The molecule has 0 radical (unpaired) electrons. The summed E-state index contributed by atoms with van der Waals surface area (Å²) in [6, 6.07) is 14.0. The van der Waals surface area contributed by atoms with Crippen LogP contribution in [0.1, 0.15) is 5.56 Å². The largest absolute Gasteiger partial charge is 0.416 e. The molecule has 0 atom stereocenters. The highest BCUT2D eigenvalue weighted by Crippen LogP contribution is 2.30. The van der Waals surface area contributed by atoms with E-state index in [1.165, 1.54) is 12.1 Å². The van der Waals surface area contributed by atoms with Crippen molar-refractivity contribution in [2.75, 3.05) is 23.8 Å². The van der Waals surface area contributed by atoms with Gasteiger partial charge in [-0.15, -0.1) is 0 Å². The summed E-state index contributed by atoms with van der Waals surface area (Å²) in [6.45, 7) is 0.149. The molecular formula is C20H17F3N6O. The van der Waals surface area contributed by atoms with Crippen LogP contribution in [0.25, 0.3) is 16.9 Å². The number of rotatable bonds is 6. The summed E-state index contributed by atoms with van der Waals surface area (Å²) in [7, 11) is 0. The van der Waals surface area contributed by atoms with E-state index < -0.39 is 11.7 Å². The number of aliphatic hydroxyl groups excluding tert-OH is 1. The second kappa shape index (κ2) is 7.99. The first-order chi connectivity index (χ1) is 14.5. The van der Waals surface area contributed by atoms with Gasteiger partial charge in [0.2, 0.25) is 5.95 Å². The Bertz CT molecular complexity index is 1140. The van der Waals surface area contributed by atoms with Gasteiger partial charge in [-0.2, -0.15) is 23.1 Å². The smallest absolute Gasteiger partial charge is 0.395 e. The summed E-state index contributed by atoms with van der Waals surface area (Å²) in [5, 5.41) is 15.1. The van der Waals surface area contributed by atoms with Crippen LogP contribution in [0.3, 0.4) is 0 Å². The van der Waals surface area contributed by atoms with Gasteiger partial charge < -0.3 is 15.7 Å². The molecule has 0 fully saturated rings. The molecule has 2 aromatic heterocycles. The second-order valence-corrected chi connectivity index (χ2v) is 6.37. The monoisotopic (exact) mass is 414 g/mol. The Kier molecular flexibility index (Phi) is 5.23. The number of benzene rings is 2. The molecule has 2 aromatic carbocycles. The highest BCUT2D eigenvalue weighted by molar-refractivity contribution is 5.85. The molecule has 10 heteroatoms. The van der Waals surface area contributed by atoms with Gasteiger partial charge in [0.1, 0.15) is 6.33 Å². The fourth-order valence-electron chi connectivity index (χ4n) is 2.90. The molecule has 0 aliphatic rings. The van der Waals surface area contributed by atoms with Crippen molar-refractivity contribution in [2.45, 2.75) is 6.18 Å². The lowest BCUT2D eigenvalue weighted by Gasteiger charge is -2.11. The van der Waals surface area contributed by atoms with E-state index in [0.29, 0.717) is 22.7 Å². The van der Waals surface area contributed by atoms with Crippen LogP contribution in [-0.4, -0.2) is 37.8 Å². The zero-order valence-electron chi connectivity index (χ0n) is 15.6. The minimum atomic E-state index is -4.41. The zero-order chi connectivity index (χ0) is 21.1. The number of halogens is 3. The first-order valence-electron chi connectivity index (χ1n) is 9.05. The molecule has 4 rings (SSSR count). The molecule has 0 amide bonds. The molecule has 0 saturated heterocycles. The van der Waals surface area contributed by atoms with Gasteiger partial charge in [-0.1, -0.05) is 18.2 Å². The minimum Gasteiger partial charge on any atom is -0.395 e. The normalized spacial score (nSPS) is 11.6. The van der Waals surface area contributed by atoms with Crippen molar-refractivity contribution < 1.29 is 18.3 Å². The Morgan fingerprint density at radius 1 is 0.967 bits per heavy atom. The number of aliphatic hydroxyl groups is 1. The van der Waals surface area contributed by atoms with E-state index in [2.05, 4.69) is 25.6 Å². The third-order valence-electron chi connectivity index (χ3n) is 4.30. The zero-order valence-corrected chi connectivity index (χ0v) is 15.6. The number of imidazole rings is 1. The van der Waals surface area contributed by atoms with Crippen molar-refractivity contribution in [3.05, 3.63) is 66.5 Å². The van der Waals surface area contributed by atoms with E-state index >= 15 is 0 Å². The quantitative estimate of drug-likeness (QED) is 0.442. The van der Waals surface area contributed by atoms with Crippen LogP contribution in [0.15, 0.2) is 60.9 Å². The van der Waals surface area contributed by atoms with Gasteiger partial charge in [0.25, 0.3) is 0 Å². The molecule has 0 bridgehead atoms. The Hall–Kier alpha value is -3.66. The summed E-state index contributed by atoms with van der Waals surface area (Å²) in [5.74, 6) is 0.582. The molecule has 2 heterocycles. The Morgan fingerprint density at radius 3 is 2.37 bits per heavy atom. The van der Waals surface area contributed by atoms with E-state index in [1.54, 1.807) is 10.9 Å². The fraction of sp³-hybridized carbons (Fsp3) is 0.150. The van der Waals surface area contributed by atoms with Gasteiger partial charge in [-0.3, -0.25) is 4.57 Å². The van der Waals surface area contributed by atoms with Crippen molar-refractivity contribution in [1.82, 2.24) is 19.5 Å². The number of para-hydroxylation sites is 1. The SMILES string of the molecule is OCCNc1nc(Nc2ccc(C(F)(F)F)cc2)nc2c1ncn2-c1ccccc1. The number of hydrogen-bond acceptors (Lipinski definition) is 6. The lowest BCUT2D eigenvalue weighted by molar-refractivity contribution is -0.137. The van der Waals surface area contributed by atoms with E-state index in [1.807, 2.05) is 30.3 Å². The topological polar surface area (TPSA) is 87.9 Å². The third kappa shape index (κ3) is 4.03. The van der Waals surface area contributed by atoms with Gasteiger partial charge in [0.05, 0.1) is 12.2 Å². The minimum absolute atomic E-state index is 0.105. The van der Waals surface area contributed by atoms with Crippen molar-refractivity contribution >= 4 is 28.6 Å². The second-order valence-electron chi connectivity index (χ2n) is 6.37. The predicted octanol–water partition coefficient (Wildman–Crippen LogP) is 3.98. The lowest BCUT2D eigenvalue weighted by Crippen LogP contribution is -2.10. The average Bonchev–Trinajstić information content (AvgIpc) is 3.16. The summed E-state index contributed by atoms with van der Waals surface area (Å²) >= 11 is 0. The maximum atomic E-state index is 12.8. The molecular weight excluding hydrogens is 397 g/mol. The van der Waals surface area contributed by atoms with Crippen molar-refractivity contribution in [1.29, 1.82) is 0 Å². The molecule has 0 aliphatic carbocycles. The Morgan fingerprint density at radius 2 is 1.70 bits per heavy atom. The van der Waals surface area contributed by atoms with Crippen molar-refractivity contribution in [2.24, 2.45) is 0 Å². The summed E-state index contributed by atoms with van der Waals surface area (Å²) in [5.41, 5.74) is 1.52. The lowest BCUT2D eigenvalue weighted by atomic mass is 10.2. The summed E-state index contributed by atoms with van der Waals surface area (Å²) in [4.78, 5) is 13.2. The maximum Gasteiger partial charge on any atom is 0.416 e. The first-order valence-corrected chi connectivity index (χ1v) is 9.05. The highest BCUT2D eigenvalue weighted by Gasteiger charge is 2.30. The van der Waals surface area contributed by atoms with Crippen LogP contribution in [0.5, 0.6) is 0 Å². The fourth-order valence-corrected chi connectivity index (χ4v) is 2.90. The van der Waals surface area contributed by atoms with Crippen molar-refractivity contribution in [3.63, 3.8) is 0 Å². The van der Waals surface area contributed by atoms with Gasteiger partial charge in [0.15, 0.2) is 17.0 Å². The molecule has 0 saturated carbocycles. The molecule has 4 aromatic rings. The van der Waals surface area contributed by atoms with Crippen molar-refractivity contribution in [3.8, 4) is 5.69 Å². The molecule has 154 valence electrons. The summed E-state index contributed by atoms with van der Waals surface area (Å²) in [6.07, 6.45) is -2.79. The van der Waals surface area contributed by atoms with E-state index in [9.17, 15) is 13.2 Å². The number of nitrogens with zero attached hydrogens (tertiary/aromatic N) is 4. The predicted molar refractivity (Wildman–Crippen MR) is 107 cm³/mol. The Balaban J connectivity index is 1.73. The van der Waals surface area contributed by atoms with Crippen LogP contribution in [0.2, 0.25) is 0 Å². The van der Waals surface area contributed by atoms with Gasteiger partial charge in [-0.25, -0.2) is 4.98 Å². The third-order valence-corrected chi connectivity index (χ3v) is 4.30. The van der Waals surface area contributed by atoms with E-state index in [-0.39, 0.29) is 19.1 Å².